The molecule has 0 N–H and O–H groups in total. The second kappa shape index (κ2) is 3.32. The number of hydrogen-bond acceptors (Lipinski definition) is 2. The van der Waals surface area contributed by atoms with Crippen LogP contribution in [0.15, 0.2) is 29.3 Å². The molecule has 0 fully saturated rings. The van der Waals surface area contributed by atoms with Crippen LogP contribution in [-0.2, 0) is 4.74 Å². The first-order valence-electron chi connectivity index (χ1n) is 3.23. The summed E-state index contributed by atoms with van der Waals surface area (Å²) in [6, 6.07) is 0. The SMILES string of the molecule is CN=C1C=CC=CC1OC. The van der Waals surface area contributed by atoms with Crippen LogP contribution in [0.5, 0.6) is 0 Å². The van der Waals surface area contributed by atoms with Crippen LogP contribution in [0.2, 0.25) is 0 Å². The molecular formula is C8H11NO. The Morgan fingerprint density at radius 2 is 2.30 bits per heavy atom. The van der Waals surface area contributed by atoms with Crippen molar-refractivity contribution in [2.45, 2.75) is 6.10 Å². The van der Waals surface area contributed by atoms with E-state index in [0.717, 1.165) is 5.71 Å². The molecule has 2 heteroatoms. The van der Waals surface area contributed by atoms with Gasteiger partial charge in [0.05, 0.1) is 5.71 Å². The zero-order valence-electron chi connectivity index (χ0n) is 6.24. The first-order chi connectivity index (χ1) is 4.88. The minimum Gasteiger partial charge on any atom is -0.371 e. The first-order valence-corrected chi connectivity index (χ1v) is 3.23. The third-order valence-electron chi connectivity index (χ3n) is 1.47. The summed E-state index contributed by atoms with van der Waals surface area (Å²) in [6.07, 6.45) is 7.90. The minimum absolute atomic E-state index is 0.0509. The predicted octanol–water partition coefficient (Wildman–Crippen LogP) is 1.20. The highest BCUT2D eigenvalue weighted by Crippen LogP contribution is 2.03. The highest BCUT2D eigenvalue weighted by Gasteiger charge is 2.09. The Morgan fingerprint density at radius 3 is 2.80 bits per heavy atom. The maximum Gasteiger partial charge on any atom is 0.117 e. The van der Waals surface area contributed by atoms with Crippen LogP contribution >= 0.6 is 0 Å². The van der Waals surface area contributed by atoms with Gasteiger partial charge in [0.2, 0.25) is 0 Å². The van der Waals surface area contributed by atoms with Crippen molar-refractivity contribution in [1.82, 2.24) is 0 Å². The minimum atomic E-state index is 0.0509. The molecule has 0 radical (unpaired) electrons. The lowest BCUT2D eigenvalue weighted by atomic mass is 10.1. The summed E-state index contributed by atoms with van der Waals surface area (Å²) < 4.78 is 5.13. The molecular weight excluding hydrogens is 126 g/mol. The van der Waals surface area contributed by atoms with E-state index in [9.17, 15) is 0 Å². The first kappa shape index (κ1) is 7.22. The monoisotopic (exact) mass is 137 g/mol. The zero-order valence-corrected chi connectivity index (χ0v) is 6.24. The summed E-state index contributed by atoms with van der Waals surface area (Å²) in [4.78, 5) is 4.05. The molecule has 10 heavy (non-hydrogen) atoms. The Kier molecular flexibility index (Phi) is 2.40. The van der Waals surface area contributed by atoms with Gasteiger partial charge in [-0.1, -0.05) is 12.2 Å². The average molecular weight is 137 g/mol. The molecule has 0 aromatic rings. The van der Waals surface area contributed by atoms with Crippen molar-refractivity contribution in [2.75, 3.05) is 14.2 Å². The highest BCUT2D eigenvalue weighted by molar-refractivity contribution is 6.01. The smallest absolute Gasteiger partial charge is 0.117 e. The lowest BCUT2D eigenvalue weighted by Crippen LogP contribution is -2.20. The van der Waals surface area contributed by atoms with E-state index >= 15 is 0 Å². The van der Waals surface area contributed by atoms with Gasteiger partial charge in [0, 0.05) is 14.2 Å². The molecule has 1 rings (SSSR count). The molecule has 1 unspecified atom stereocenters. The molecule has 2 nitrogen and oxygen atoms in total. The summed E-state index contributed by atoms with van der Waals surface area (Å²) in [7, 11) is 3.45. The van der Waals surface area contributed by atoms with Crippen LogP contribution in [0.25, 0.3) is 0 Å². The van der Waals surface area contributed by atoms with Crippen molar-refractivity contribution in [3.05, 3.63) is 24.3 Å². The molecule has 0 bridgehead atoms. The highest BCUT2D eigenvalue weighted by atomic mass is 16.5. The van der Waals surface area contributed by atoms with Gasteiger partial charge in [-0.15, -0.1) is 0 Å². The number of methoxy groups -OCH3 is 1. The molecule has 0 aromatic carbocycles. The van der Waals surface area contributed by atoms with E-state index < -0.39 is 0 Å². The third-order valence-corrected chi connectivity index (χ3v) is 1.47. The molecule has 0 aromatic heterocycles. The van der Waals surface area contributed by atoms with Gasteiger partial charge in [-0.2, -0.15) is 0 Å². The van der Waals surface area contributed by atoms with Crippen molar-refractivity contribution in [3.8, 4) is 0 Å². The summed E-state index contributed by atoms with van der Waals surface area (Å²) in [5, 5.41) is 0. The van der Waals surface area contributed by atoms with Gasteiger partial charge >= 0.3 is 0 Å². The summed E-state index contributed by atoms with van der Waals surface area (Å²) in [5.41, 5.74) is 0.977. The molecule has 0 aliphatic heterocycles. The molecule has 1 aliphatic carbocycles. The number of hydrogen-bond donors (Lipinski definition) is 0. The van der Waals surface area contributed by atoms with E-state index in [2.05, 4.69) is 4.99 Å². The van der Waals surface area contributed by atoms with Crippen molar-refractivity contribution < 1.29 is 4.74 Å². The quantitative estimate of drug-likeness (QED) is 0.532. The van der Waals surface area contributed by atoms with Gasteiger partial charge in [-0.3, -0.25) is 4.99 Å². The number of rotatable bonds is 1. The molecule has 1 aliphatic rings. The van der Waals surface area contributed by atoms with Crippen molar-refractivity contribution in [2.24, 2.45) is 4.99 Å². The molecule has 54 valence electrons. The third kappa shape index (κ3) is 1.33. The zero-order chi connectivity index (χ0) is 7.40. The summed E-state index contributed by atoms with van der Waals surface area (Å²) >= 11 is 0. The van der Waals surface area contributed by atoms with Gasteiger partial charge in [0.1, 0.15) is 6.10 Å². The maximum atomic E-state index is 5.13. The Bertz CT molecular complexity index is 191. The Balaban J connectivity index is 2.74. The van der Waals surface area contributed by atoms with Crippen LogP contribution in [0.3, 0.4) is 0 Å². The van der Waals surface area contributed by atoms with E-state index in [-0.39, 0.29) is 6.10 Å². The van der Waals surface area contributed by atoms with Crippen LogP contribution in [0, 0.1) is 0 Å². The number of nitrogens with zero attached hydrogens (tertiary/aromatic N) is 1. The standard InChI is InChI=1S/C8H11NO/c1-9-7-5-3-4-6-8(7)10-2/h3-6,8H,1-2H3. The molecule has 0 amide bonds. The van der Waals surface area contributed by atoms with E-state index in [1.165, 1.54) is 0 Å². The van der Waals surface area contributed by atoms with Crippen molar-refractivity contribution >= 4 is 5.71 Å². The van der Waals surface area contributed by atoms with Gasteiger partial charge < -0.3 is 4.74 Å². The fourth-order valence-electron chi connectivity index (χ4n) is 0.914. The fourth-order valence-corrected chi connectivity index (χ4v) is 0.914. The molecule has 0 spiro atoms. The van der Waals surface area contributed by atoms with E-state index in [4.69, 9.17) is 4.74 Å². The fraction of sp³-hybridized carbons (Fsp3) is 0.375. The number of aliphatic imine (C=N–C) groups is 1. The average Bonchev–Trinajstić information content (AvgIpc) is 2.04. The molecule has 0 saturated carbocycles. The van der Waals surface area contributed by atoms with Crippen LogP contribution in [0.4, 0.5) is 0 Å². The van der Waals surface area contributed by atoms with Crippen LogP contribution in [-0.4, -0.2) is 26.0 Å². The molecule has 0 saturated heterocycles. The van der Waals surface area contributed by atoms with Gasteiger partial charge in [-0.05, 0) is 12.2 Å². The second-order valence-electron chi connectivity index (χ2n) is 2.05. The van der Waals surface area contributed by atoms with E-state index in [1.807, 2.05) is 24.3 Å². The summed E-state index contributed by atoms with van der Waals surface area (Å²) in [6.45, 7) is 0. The van der Waals surface area contributed by atoms with Crippen molar-refractivity contribution in [3.63, 3.8) is 0 Å². The van der Waals surface area contributed by atoms with Crippen molar-refractivity contribution in [1.29, 1.82) is 0 Å². The normalized spacial score (nSPS) is 27.8. The van der Waals surface area contributed by atoms with Gasteiger partial charge in [0.25, 0.3) is 0 Å². The largest absolute Gasteiger partial charge is 0.371 e. The Hall–Kier alpha value is -0.890. The van der Waals surface area contributed by atoms with E-state index in [0.29, 0.717) is 0 Å². The van der Waals surface area contributed by atoms with Crippen LogP contribution in [0.1, 0.15) is 0 Å². The maximum absolute atomic E-state index is 5.13. The van der Waals surface area contributed by atoms with Crippen LogP contribution < -0.4 is 0 Å². The molecule has 0 heterocycles. The van der Waals surface area contributed by atoms with Gasteiger partial charge in [0.15, 0.2) is 0 Å². The number of allylic oxidation sites excluding steroid dienone is 2. The Labute approximate surface area is 60.9 Å². The Morgan fingerprint density at radius 1 is 1.50 bits per heavy atom. The lowest BCUT2D eigenvalue weighted by Gasteiger charge is -2.12. The predicted molar refractivity (Wildman–Crippen MR) is 42.4 cm³/mol. The number of ether oxygens (including phenoxy) is 1. The lowest BCUT2D eigenvalue weighted by molar-refractivity contribution is 0.191. The topological polar surface area (TPSA) is 21.6 Å². The molecule has 1 atom stereocenters. The van der Waals surface area contributed by atoms with Gasteiger partial charge in [-0.25, -0.2) is 0 Å². The van der Waals surface area contributed by atoms with E-state index in [1.54, 1.807) is 14.2 Å². The summed E-state index contributed by atoms with van der Waals surface area (Å²) in [5.74, 6) is 0. The second-order valence-corrected chi connectivity index (χ2v) is 2.05.